The Morgan fingerprint density at radius 3 is 2.94 bits per heavy atom. The van der Waals surface area contributed by atoms with Gasteiger partial charge in [0.05, 0.1) is 12.5 Å². The summed E-state index contributed by atoms with van der Waals surface area (Å²) in [7, 11) is 0. The number of rotatable bonds is 9. The van der Waals surface area contributed by atoms with Crippen molar-refractivity contribution in [1.82, 2.24) is 5.43 Å². The summed E-state index contributed by atoms with van der Waals surface area (Å²) >= 11 is 0. The molecule has 0 unspecified atom stereocenters. The molecule has 1 N–H and O–H groups in total. The Kier molecular flexibility index (Phi) is 6.87. The highest BCUT2D eigenvalue weighted by atomic mass is 16.3. The van der Waals surface area contributed by atoms with Gasteiger partial charge in [0, 0.05) is 5.70 Å². The molecule has 3 heteroatoms. The maximum absolute atomic E-state index is 5.12. The first-order valence-corrected chi connectivity index (χ1v) is 6.33. The van der Waals surface area contributed by atoms with Crippen molar-refractivity contribution in [2.45, 2.75) is 45.4 Å². The van der Waals surface area contributed by atoms with Gasteiger partial charge in [-0.25, -0.2) is 0 Å². The van der Waals surface area contributed by atoms with Crippen LogP contribution < -0.4 is 5.43 Å². The number of hydrogen-bond acceptors (Lipinski definition) is 3. The molecule has 0 spiro atoms. The first kappa shape index (κ1) is 13.6. The van der Waals surface area contributed by atoms with Crippen molar-refractivity contribution in [2.75, 3.05) is 0 Å². The molecule has 3 nitrogen and oxygen atoms in total. The molecular formula is C14H22N2O. The van der Waals surface area contributed by atoms with Crippen LogP contribution in [-0.4, -0.2) is 6.21 Å². The monoisotopic (exact) mass is 234 g/mol. The average Bonchev–Trinajstić information content (AvgIpc) is 2.82. The molecule has 1 heterocycles. The molecule has 0 aliphatic rings. The Hall–Kier alpha value is -1.51. The quantitative estimate of drug-likeness (QED) is 0.397. The summed E-state index contributed by atoms with van der Waals surface area (Å²) < 4.78 is 5.12. The van der Waals surface area contributed by atoms with Crippen LogP contribution in [0, 0.1) is 0 Å². The van der Waals surface area contributed by atoms with Crippen LogP contribution in [0.4, 0.5) is 0 Å². The second kappa shape index (κ2) is 8.62. The van der Waals surface area contributed by atoms with Gasteiger partial charge in [-0.3, -0.25) is 5.43 Å². The summed E-state index contributed by atoms with van der Waals surface area (Å²) in [6.45, 7) is 6.16. The third kappa shape index (κ3) is 6.61. The van der Waals surface area contributed by atoms with Crippen LogP contribution in [0.2, 0.25) is 0 Å². The molecule has 1 aromatic heterocycles. The van der Waals surface area contributed by atoms with Crippen molar-refractivity contribution in [3.8, 4) is 0 Å². The number of unbranched alkanes of at least 4 members (excludes halogenated alkanes) is 4. The van der Waals surface area contributed by atoms with Crippen molar-refractivity contribution in [3.05, 3.63) is 36.4 Å². The molecule has 0 saturated carbocycles. The molecule has 0 aliphatic heterocycles. The van der Waals surface area contributed by atoms with Crippen LogP contribution in [0.3, 0.4) is 0 Å². The summed E-state index contributed by atoms with van der Waals surface area (Å²) in [5, 5.41) is 4.06. The fraction of sp³-hybridized carbons (Fsp3) is 0.500. The van der Waals surface area contributed by atoms with Gasteiger partial charge >= 0.3 is 0 Å². The van der Waals surface area contributed by atoms with Gasteiger partial charge in [0.1, 0.15) is 5.76 Å². The average molecular weight is 234 g/mol. The third-order valence-electron chi connectivity index (χ3n) is 2.54. The number of nitrogens with one attached hydrogen (secondary N) is 1. The van der Waals surface area contributed by atoms with E-state index in [4.69, 9.17) is 4.42 Å². The maximum atomic E-state index is 5.12. The molecule has 0 radical (unpaired) electrons. The molecule has 0 aliphatic carbocycles. The highest BCUT2D eigenvalue weighted by Crippen LogP contribution is 2.08. The Morgan fingerprint density at radius 1 is 1.41 bits per heavy atom. The lowest BCUT2D eigenvalue weighted by Crippen LogP contribution is -2.04. The van der Waals surface area contributed by atoms with Gasteiger partial charge < -0.3 is 4.42 Å². The van der Waals surface area contributed by atoms with E-state index in [0.29, 0.717) is 0 Å². The minimum Gasteiger partial charge on any atom is -0.463 e. The fourth-order valence-electron chi connectivity index (χ4n) is 1.55. The lowest BCUT2D eigenvalue weighted by Gasteiger charge is -2.03. The third-order valence-corrected chi connectivity index (χ3v) is 2.54. The minimum absolute atomic E-state index is 0.744. The first-order valence-electron chi connectivity index (χ1n) is 6.33. The van der Waals surface area contributed by atoms with E-state index in [-0.39, 0.29) is 0 Å². The molecule has 1 rings (SSSR count). The standard InChI is InChI=1S/C14H22N2O/c1-3-4-5-6-7-9-13(2)16-15-12-14-10-8-11-17-14/h8,10-12,16H,2-7,9H2,1H3/b15-12+. The summed E-state index contributed by atoms with van der Waals surface area (Å²) in [6.07, 6.45) is 10.7. The van der Waals surface area contributed by atoms with Gasteiger partial charge in [-0.2, -0.15) is 5.10 Å². The van der Waals surface area contributed by atoms with Crippen molar-refractivity contribution < 1.29 is 4.42 Å². The summed E-state index contributed by atoms with van der Waals surface area (Å²) in [4.78, 5) is 0. The van der Waals surface area contributed by atoms with Gasteiger partial charge in [0.15, 0.2) is 0 Å². The summed E-state index contributed by atoms with van der Waals surface area (Å²) in [5.74, 6) is 0.744. The maximum Gasteiger partial charge on any atom is 0.146 e. The topological polar surface area (TPSA) is 37.5 Å². The molecule has 0 atom stereocenters. The van der Waals surface area contributed by atoms with E-state index in [1.54, 1.807) is 12.5 Å². The second-order valence-corrected chi connectivity index (χ2v) is 4.15. The number of allylic oxidation sites excluding steroid dienone is 1. The summed E-state index contributed by atoms with van der Waals surface area (Å²) in [6, 6.07) is 3.70. The number of furan rings is 1. The van der Waals surface area contributed by atoms with E-state index in [9.17, 15) is 0 Å². The van der Waals surface area contributed by atoms with Gasteiger partial charge in [-0.15, -0.1) is 0 Å². The van der Waals surface area contributed by atoms with Gasteiger partial charge in [-0.05, 0) is 25.0 Å². The molecular weight excluding hydrogens is 212 g/mol. The van der Waals surface area contributed by atoms with Gasteiger partial charge in [0.2, 0.25) is 0 Å². The molecule has 94 valence electrons. The summed E-state index contributed by atoms with van der Waals surface area (Å²) in [5.41, 5.74) is 3.89. The van der Waals surface area contributed by atoms with Gasteiger partial charge in [-0.1, -0.05) is 39.2 Å². The molecule has 0 bridgehead atoms. The van der Waals surface area contributed by atoms with Crippen LogP contribution in [0.1, 0.15) is 51.2 Å². The first-order chi connectivity index (χ1) is 8.33. The molecule has 0 saturated heterocycles. The van der Waals surface area contributed by atoms with Crippen LogP contribution in [0.15, 0.2) is 40.2 Å². The molecule has 0 amide bonds. The highest BCUT2D eigenvalue weighted by molar-refractivity contribution is 5.75. The van der Waals surface area contributed by atoms with Gasteiger partial charge in [0.25, 0.3) is 0 Å². The second-order valence-electron chi connectivity index (χ2n) is 4.15. The predicted octanol–water partition coefficient (Wildman–Crippen LogP) is 4.08. The number of nitrogens with zero attached hydrogens (tertiary/aromatic N) is 1. The minimum atomic E-state index is 0.744. The largest absolute Gasteiger partial charge is 0.463 e. The normalized spacial score (nSPS) is 10.9. The molecule has 1 aromatic rings. The zero-order valence-corrected chi connectivity index (χ0v) is 10.6. The lowest BCUT2D eigenvalue weighted by atomic mass is 10.1. The zero-order valence-electron chi connectivity index (χ0n) is 10.6. The lowest BCUT2D eigenvalue weighted by molar-refractivity contribution is 0.559. The Balaban J connectivity index is 2.05. The van der Waals surface area contributed by atoms with E-state index in [1.807, 2.05) is 12.1 Å². The van der Waals surface area contributed by atoms with Crippen LogP contribution in [-0.2, 0) is 0 Å². The molecule has 17 heavy (non-hydrogen) atoms. The predicted molar refractivity (Wildman–Crippen MR) is 72.0 cm³/mol. The zero-order chi connectivity index (χ0) is 12.3. The molecule has 0 aromatic carbocycles. The van der Waals surface area contributed by atoms with Crippen molar-refractivity contribution >= 4 is 6.21 Å². The van der Waals surface area contributed by atoms with E-state index < -0.39 is 0 Å². The van der Waals surface area contributed by atoms with Crippen molar-refractivity contribution in [2.24, 2.45) is 5.10 Å². The number of hydrazone groups is 1. The Labute approximate surface area is 104 Å². The van der Waals surface area contributed by atoms with E-state index in [1.165, 1.54) is 32.1 Å². The van der Waals surface area contributed by atoms with Crippen LogP contribution >= 0.6 is 0 Å². The van der Waals surface area contributed by atoms with E-state index in [0.717, 1.165) is 17.9 Å². The van der Waals surface area contributed by atoms with Crippen molar-refractivity contribution in [3.63, 3.8) is 0 Å². The number of hydrogen-bond donors (Lipinski definition) is 1. The molecule has 0 fully saturated rings. The van der Waals surface area contributed by atoms with Crippen molar-refractivity contribution in [1.29, 1.82) is 0 Å². The van der Waals surface area contributed by atoms with Crippen LogP contribution in [0.25, 0.3) is 0 Å². The van der Waals surface area contributed by atoms with E-state index >= 15 is 0 Å². The Morgan fingerprint density at radius 2 is 2.24 bits per heavy atom. The van der Waals surface area contributed by atoms with E-state index in [2.05, 4.69) is 24.0 Å². The fourth-order valence-corrected chi connectivity index (χ4v) is 1.55. The SMILES string of the molecule is C=C(CCCCCCC)N/N=C/c1ccco1. The highest BCUT2D eigenvalue weighted by Gasteiger charge is 1.93. The Bertz CT molecular complexity index is 328. The smallest absolute Gasteiger partial charge is 0.146 e. The van der Waals surface area contributed by atoms with Crippen LogP contribution in [0.5, 0.6) is 0 Å².